The molecule has 1 heterocycles. The number of carbonyl (C=O) groups excluding carboxylic acids is 3. The zero-order valence-electron chi connectivity index (χ0n) is 17.2. The zero-order valence-corrected chi connectivity index (χ0v) is 18.0. The Morgan fingerprint density at radius 3 is 2.43 bits per heavy atom. The third-order valence-electron chi connectivity index (χ3n) is 4.26. The lowest BCUT2D eigenvalue weighted by molar-refractivity contribution is -0.120. The molecule has 1 unspecified atom stereocenters. The van der Waals surface area contributed by atoms with Crippen LogP contribution in [0.15, 0.2) is 24.3 Å². The van der Waals surface area contributed by atoms with Crippen molar-refractivity contribution in [1.29, 1.82) is 5.26 Å². The van der Waals surface area contributed by atoms with Crippen LogP contribution in [0.5, 0.6) is 5.75 Å². The van der Waals surface area contributed by atoms with Crippen LogP contribution in [0.1, 0.15) is 52.7 Å². The van der Waals surface area contributed by atoms with Crippen LogP contribution in [0, 0.1) is 18.3 Å². The molecule has 0 saturated carbocycles. The van der Waals surface area contributed by atoms with E-state index in [0.29, 0.717) is 11.3 Å². The first-order chi connectivity index (χ1) is 14.3. The van der Waals surface area contributed by atoms with Crippen molar-refractivity contribution < 1.29 is 23.9 Å². The molecule has 0 aliphatic heterocycles. The second-order valence-corrected chi connectivity index (χ2v) is 7.39. The quantitative estimate of drug-likeness (QED) is 0.622. The lowest BCUT2D eigenvalue weighted by atomic mass is 10.0. The molecule has 2 aromatic rings. The maximum Gasteiger partial charge on any atom is 0.348 e. The molecule has 158 valence electrons. The van der Waals surface area contributed by atoms with Gasteiger partial charge in [0, 0.05) is 6.92 Å². The third-order valence-corrected chi connectivity index (χ3v) is 5.44. The molecule has 0 radical (unpaired) electrons. The van der Waals surface area contributed by atoms with Crippen molar-refractivity contribution in [2.75, 3.05) is 19.0 Å². The fraction of sp³-hybridized carbons (Fsp3) is 0.333. The Hall–Kier alpha value is -3.38. The third kappa shape index (κ3) is 5.58. The lowest BCUT2D eigenvalue weighted by Crippen LogP contribution is -2.29. The highest BCUT2D eigenvalue weighted by molar-refractivity contribution is 7.18. The molecule has 1 aromatic carbocycles. The Morgan fingerprint density at radius 1 is 1.23 bits per heavy atom. The van der Waals surface area contributed by atoms with Crippen LogP contribution in [-0.4, -0.2) is 31.5 Å². The summed E-state index contributed by atoms with van der Waals surface area (Å²) in [6, 6.07) is 8.47. The van der Waals surface area contributed by atoms with E-state index in [1.54, 1.807) is 45.2 Å². The van der Waals surface area contributed by atoms with Crippen molar-refractivity contribution in [2.45, 2.75) is 33.2 Å². The second-order valence-electron chi connectivity index (χ2n) is 6.37. The Labute approximate surface area is 178 Å². The average molecular weight is 429 g/mol. The van der Waals surface area contributed by atoms with Gasteiger partial charge in [-0.2, -0.15) is 5.26 Å². The number of ether oxygens (including phenoxy) is 2. The van der Waals surface area contributed by atoms with Crippen molar-refractivity contribution in [2.24, 2.45) is 0 Å². The van der Waals surface area contributed by atoms with Crippen molar-refractivity contribution in [1.82, 2.24) is 5.32 Å². The summed E-state index contributed by atoms with van der Waals surface area (Å²) in [6.07, 6.45) is -0.0531. The molecule has 8 nitrogen and oxygen atoms in total. The average Bonchev–Trinajstić information content (AvgIpc) is 3.02. The maximum atomic E-state index is 12.7. The molecule has 0 aliphatic rings. The lowest BCUT2D eigenvalue weighted by Gasteiger charge is -2.18. The van der Waals surface area contributed by atoms with Crippen molar-refractivity contribution in [3.8, 4) is 11.8 Å². The van der Waals surface area contributed by atoms with Crippen LogP contribution >= 0.6 is 11.3 Å². The number of hydrogen-bond acceptors (Lipinski definition) is 7. The predicted molar refractivity (Wildman–Crippen MR) is 113 cm³/mol. The first kappa shape index (κ1) is 22.9. The van der Waals surface area contributed by atoms with Gasteiger partial charge >= 0.3 is 5.97 Å². The fourth-order valence-electron chi connectivity index (χ4n) is 2.82. The number of hydrogen-bond donors (Lipinski definition) is 2. The molecule has 0 aliphatic carbocycles. The second kappa shape index (κ2) is 10.4. The van der Waals surface area contributed by atoms with Crippen molar-refractivity contribution in [3.63, 3.8) is 0 Å². The summed E-state index contributed by atoms with van der Waals surface area (Å²) in [4.78, 5) is 36.6. The first-order valence-electron chi connectivity index (χ1n) is 9.22. The van der Waals surface area contributed by atoms with E-state index in [2.05, 4.69) is 10.6 Å². The summed E-state index contributed by atoms with van der Waals surface area (Å²) in [5.41, 5.74) is 1.41. The SMILES string of the molecule is CCOC(=O)c1sc(NC(=O)CC(NC(C)=O)c2ccc(OC)cc2)c(C#N)c1C. The van der Waals surface area contributed by atoms with E-state index in [0.717, 1.165) is 16.9 Å². The number of benzene rings is 1. The molecule has 30 heavy (non-hydrogen) atoms. The largest absolute Gasteiger partial charge is 0.497 e. The summed E-state index contributed by atoms with van der Waals surface area (Å²) in [7, 11) is 1.55. The Kier molecular flexibility index (Phi) is 7.95. The van der Waals surface area contributed by atoms with E-state index >= 15 is 0 Å². The summed E-state index contributed by atoms with van der Waals surface area (Å²) in [6.45, 7) is 4.90. The van der Waals surface area contributed by atoms with Crippen LogP contribution in [0.3, 0.4) is 0 Å². The Morgan fingerprint density at radius 2 is 1.90 bits per heavy atom. The molecule has 1 atom stereocenters. The number of nitrogens with one attached hydrogen (secondary N) is 2. The van der Waals surface area contributed by atoms with Gasteiger partial charge in [0.15, 0.2) is 0 Å². The molecule has 2 N–H and O–H groups in total. The minimum Gasteiger partial charge on any atom is -0.497 e. The van der Waals surface area contributed by atoms with E-state index in [-0.39, 0.29) is 34.4 Å². The molecule has 1 aromatic heterocycles. The first-order valence-corrected chi connectivity index (χ1v) is 10.0. The molecule has 2 rings (SSSR count). The number of nitrogens with zero attached hydrogens (tertiary/aromatic N) is 1. The van der Waals surface area contributed by atoms with E-state index in [1.165, 1.54) is 6.92 Å². The van der Waals surface area contributed by atoms with Gasteiger partial charge in [0.05, 0.1) is 31.7 Å². The van der Waals surface area contributed by atoms with Gasteiger partial charge in [-0.15, -0.1) is 11.3 Å². The van der Waals surface area contributed by atoms with Crippen LogP contribution in [0.4, 0.5) is 5.00 Å². The standard InChI is InChI=1S/C21H23N3O5S/c1-5-29-21(27)19-12(2)16(11-22)20(30-19)24-18(26)10-17(23-13(3)25)14-6-8-15(28-4)9-7-14/h6-9,17H,5,10H2,1-4H3,(H,23,25)(H,24,26). The summed E-state index contributed by atoms with van der Waals surface area (Å²) < 4.78 is 10.1. The molecule has 0 spiro atoms. The topological polar surface area (TPSA) is 118 Å². The van der Waals surface area contributed by atoms with Gasteiger partial charge in [0.25, 0.3) is 0 Å². The smallest absolute Gasteiger partial charge is 0.348 e. The van der Waals surface area contributed by atoms with Crippen LogP contribution < -0.4 is 15.4 Å². The Bertz CT molecular complexity index is 976. The number of anilines is 1. The van der Waals surface area contributed by atoms with Gasteiger partial charge in [-0.3, -0.25) is 9.59 Å². The Balaban J connectivity index is 2.22. The van der Waals surface area contributed by atoms with Crippen LogP contribution in [0.2, 0.25) is 0 Å². The fourth-order valence-corrected chi connectivity index (χ4v) is 3.89. The molecule has 0 fully saturated rings. The van der Waals surface area contributed by atoms with Gasteiger partial charge in [-0.25, -0.2) is 4.79 Å². The van der Waals surface area contributed by atoms with Gasteiger partial charge in [-0.05, 0) is 37.1 Å². The monoisotopic (exact) mass is 429 g/mol. The predicted octanol–water partition coefficient (Wildman–Crippen LogP) is 3.32. The van der Waals surface area contributed by atoms with Crippen molar-refractivity contribution in [3.05, 3.63) is 45.8 Å². The number of nitriles is 1. The normalized spacial score (nSPS) is 11.2. The van der Waals surface area contributed by atoms with Gasteiger partial charge in [0.1, 0.15) is 21.7 Å². The molecule has 0 saturated heterocycles. The molecular formula is C21H23N3O5S. The highest BCUT2D eigenvalue weighted by Crippen LogP contribution is 2.33. The van der Waals surface area contributed by atoms with Crippen LogP contribution in [0.25, 0.3) is 0 Å². The van der Waals surface area contributed by atoms with Gasteiger partial charge in [0.2, 0.25) is 11.8 Å². The number of rotatable bonds is 8. The molecular weight excluding hydrogens is 406 g/mol. The minimum atomic E-state index is -0.565. The van der Waals surface area contributed by atoms with Gasteiger partial charge < -0.3 is 20.1 Å². The summed E-state index contributed by atoms with van der Waals surface area (Å²) >= 11 is 0.996. The molecule has 2 amide bonds. The maximum absolute atomic E-state index is 12.7. The number of esters is 1. The molecule has 0 bridgehead atoms. The van der Waals surface area contributed by atoms with E-state index < -0.39 is 17.9 Å². The number of thiophene rings is 1. The van der Waals surface area contributed by atoms with E-state index in [1.807, 2.05) is 6.07 Å². The van der Waals surface area contributed by atoms with Gasteiger partial charge in [-0.1, -0.05) is 12.1 Å². The van der Waals surface area contributed by atoms with E-state index in [4.69, 9.17) is 9.47 Å². The van der Waals surface area contributed by atoms with E-state index in [9.17, 15) is 19.6 Å². The minimum absolute atomic E-state index is 0.0531. The zero-order chi connectivity index (χ0) is 22.3. The number of carbonyl (C=O) groups is 3. The number of amides is 2. The number of methoxy groups -OCH3 is 1. The van der Waals surface area contributed by atoms with Crippen molar-refractivity contribution >= 4 is 34.1 Å². The summed E-state index contributed by atoms with van der Waals surface area (Å²) in [5, 5.41) is 15.2. The highest BCUT2D eigenvalue weighted by Gasteiger charge is 2.24. The van der Waals surface area contributed by atoms with Crippen LogP contribution in [-0.2, 0) is 14.3 Å². The molecule has 9 heteroatoms. The highest BCUT2D eigenvalue weighted by atomic mass is 32.1. The summed E-state index contributed by atoms with van der Waals surface area (Å²) in [5.74, 6) is -0.564.